The van der Waals surface area contributed by atoms with Gasteiger partial charge in [0.05, 0.1) is 6.04 Å². The van der Waals surface area contributed by atoms with Crippen molar-refractivity contribution in [3.05, 3.63) is 92.9 Å². The van der Waals surface area contributed by atoms with Gasteiger partial charge in [-0.05, 0) is 61.9 Å². The molecule has 0 saturated carbocycles. The average Bonchev–Trinajstić information content (AvgIpc) is 2.97. The zero-order chi connectivity index (χ0) is 21.5. The maximum absolute atomic E-state index is 13.8. The van der Waals surface area contributed by atoms with Crippen LogP contribution in [0.25, 0.3) is 0 Å². The second kappa shape index (κ2) is 8.17. The minimum atomic E-state index is -1.52. The molecule has 2 amide bonds. The molecule has 4 rings (SSSR count). The molecule has 4 nitrogen and oxygen atoms in total. The van der Waals surface area contributed by atoms with Crippen molar-refractivity contribution >= 4 is 49.3 Å². The molecule has 6 heteroatoms. The maximum Gasteiger partial charge on any atom is 0.332 e. The third kappa shape index (κ3) is 3.47. The van der Waals surface area contributed by atoms with Crippen LogP contribution in [0.2, 0.25) is 0 Å². The predicted octanol–water partition coefficient (Wildman–Crippen LogP) is 6.59. The van der Waals surface area contributed by atoms with Crippen LogP contribution in [0.15, 0.2) is 81.7 Å². The van der Waals surface area contributed by atoms with Crippen LogP contribution in [-0.2, 0) is 5.72 Å². The highest BCUT2D eigenvalue weighted by atomic mass is 79.9. The van der Waals surface area contributed by atoms with Gasteiger partial charge in [0.1, 0.15) is 0 Å². The Kier molecular flexibility index (Phi) is 5.75. The molecule has 1 heterocycles. The van der Waals surface area contributed by atoms with Crippen molar-refractivity contribution in [1.82, 2.24) is 0 Å². The van der Waals surface area contributed by atoms with E-state index in [0.717, 1.165) is 20.2 Å². The molecule has 3 aromatic rings. The van der Waals surface area contributed by atoms with Gasteiger partial charge in [-0.25, -0.2) is 4.79 Å². The van der Waals surface area contributed by atoms with Crippen molar-refractivity contribution in [2.75, 3.05) is 9.80 Å². The quantitative estimate of drug-likeness (QED) is 0.414. The van der Waals surface area contributed by atoms with E-state index >= 15 is 0 Å². The molecule has 1 aliphatic rings. The number of rotatable bonds is 4. The minimum Gasteiger partial charge on any atom is -0.365 e. The summed E-state index contributed by atoms with van der Waals surface area (Å²) >= 11 is 6.91. The number of carbonyl (C=O) groups excluding carboxylic acids is 1. The molecule has 1 N–H and O–H groups in total. The molecule has 0 aromatic heterocycles. The second-order valence-electron chi connectivity index (χ2n) is 7.46. The number of benzene rings is 3. The van der Waals surface area contributed by atoms with Gasteiger partial charge in [-0.3, -0.25) is 9.80 Å². The molecule has 1 saturated heterocycles. The SMILES string of the molecule is CC[C@@H]1N(c2ccc(Br)cc2)C(=O)N(c2ccc(Br)cc2)C1(O)c1cccc(C)c1. The van der Waals surface area contributed by atoms with E-state index in [2.05, 4.69) is 31.9 Å². The predicted molar refractivity (Wildman–Crippen MR) is 128 cm³/mol. The molecule has 154 valence electrons. The van der Waals surface area contributed by atoms with Crippen LogP contribution in [-0.4, -0.2) is 17.2 Å². The Labute approximate surface area is 193 Å². The Bertz CT molecular complexity index is 1070. The van der Waals surface area contributed by atoms with E-state index in [1.165, 1.54) is 4.90 Å². The van der Waals surface area contributed by atoms with Gasteiger partial charge in [0, 0.05) is 25.9 Å². The number of halogens is 2. The summed E-state index contributed by atoms with van der Waals surface area (Å²) < 4.78 is 1.85. The van der Waals surface area contributed by atoms with Gasteiger partial charge in [0.25, 0.3) is 0 Å². The van der Waals surface area contributed by atoms with Crippen LogP contribution in [0.4, 0.5) is 16.2 Å². The van der Waals surface area contributed by atoms with E-state index in [0.29, 0.717) is 17.7 Å². The standard InChI is InChI=1S/C24H22Br2N2O2/c1-3-22-24(30,17-6-4-5-16(2)15-17)28(21-13-9-19(26)10-14-21)23(29)27(22)20-11-7-18(25)8-12-20/h4-15,22,30H,3H2,1-2H3/t22-,24?/m0/s1. The minimum absolute atomic E-state index is 0.254. The summed E-state index contributed by atoms with van der Waals surface area (Å²) in [5.41, 5.74) is 1.61. The van der Waals surface area contributed by atoms with Crippen molar-refractivity contribution in [3.8, 4) is 0 Å². The molecule has 0 spiro atoms. The number of carbonyl (C=O) groups is 1. The Morgan fingerprint density at radius 3 is 2.03 bits per heavy atom. The third-order valence-electron chi connectivity index (χ3n) is 5.53. The van der Waals surface area contributed by atoms with Gasteiger partial charge in [-0.1, -0.05) is 68.6 Å². The average molecular weight is 530 g/mol. The van der Waals surface area contributed by atoms with Gasteiger partial charge >= 0.3 is 6.03 Å². The molecule has 0 radical (unpaired) electrons. The number of anilines is 2. The Morgan fingerprint density at radius 2 is 1.50 bits per heavy atom. The van der Waals surface area contributed by atoms with Gasteiger partial charge in [0.15, 0.2) is 5.72 Å². The fraction of sp³-hybridized carbons (Fsp3) is 0.208. The molecule has 2 atom stereocenters. The van der Waals surface area contributed by atoms with E-state index in [9.17, 15) is 9.90 Å². The van der Waals surface area contributed by atoms with Crippen LogP contribution in [0.5, 0.6) is 0 Å². The lowest BCUT2D eigenvalue weighted by Crippen LogP contribution is -2.49. The van der Waals surface area contributed by atoms with Crippen molar-refractivity contribution in [2.24, 2.45) is 0 Å². The molecule has 1 unspecified atom stereocenters. The summed E-state index contributed by atoms with van der Waals surface area (Å²) in [6.45, 7) is 3.98. The largest absolute Gasteiger partial charge is 0.365 e. The van der Waals surface area contributed by atoms with Crippen LogP contribution in [0, 0.1) is 6.92 Å². The van der Waals surface area contributed by atoms with E-state index in [-0.39, 0.29) is 6.03 Å². The molecule has 30 heavy (non-hydrogen) atoms. The lowest BCUT2D eigenvalue weighted by atomic mass is 9.91. The van der Waals surface area contributed by atoms with Gasteiger partial charge in [-0.2, -0.15) is 0 Å². The Morgan fingerprint density at radius 1 is 0.933 bits per heavy atom. The molecular weight excluding hydrogens is 508 g/mol. The monoisotopic (exact) mass is 528 g/mol. The summed E-state index contributed by atoms with van der Waals surface area (Å²) in [6.07, 6.45) is 0.583. The number of aryl methyl sites for hydroxylation is 1. The lowest BCUT2D eigenvalue weighted by Gasteiger charge is -2.37. The zero-order valence-electron chi connectivity index (χ0n) is 16.7. The number of hydrogen-bond acceptors (Lipinski definition) is 2. The fourth-order valence-corrected chi connectivity index (χ4v) is 4.70. The van der Waals surface area contributed by atoms with E-state index in [1.54, 1.807) is 4.90 Å². The fourth-order valence-electron chi connectivity index (χ4n) is 4.17. The first-order valence-electron chi connectivity index (χ1n) is 9.80. The van der Waals surface area contributed by atoms with Gasteiger partial charge in [0.2, 0.25) is 0 Å². The highest BCUT2D eigenvalue weighted by molar-refractivity contribution is 9.10. The highest BCUT2D eigenvalue weighted by Crippen LogP contribution is 2.46. The van der Waals surface area contributed by atoms with Crippen molar-refractivity contribution in [2.45, 2.75) is 32.0 Å². The smallest absolute Gasteiger partial charge is 0.332 e. The first-order chi connectivity index (χ1) is 14.4. The summed E-state index contributed by atoms with van der Waals surface area (Å²) in [4.78, 5) is 17.0. The number of amides is 2. The zero-order valence-corrected chi connectivity index (χ0v) is 19.9. The molecule has 0 bridgehead atoms. The number of hydrogen-bond donors (Lipinski definition) is 1. The summed E-state index contributed by atoms with van der Waals surface area (Å²) in [5, 5.41) is 12.2. The lowest BCUT2D eigenvalue weighted by molar-refractivity contribution is 0.0306. The summed E-state index contributed by atoms with van der Waals surface area (Å²) in [6, 6.07) is 22.1. The number of aliphatic hydroxyl groups is 1. The van der Waals surface area contributed by atoms with Crippen molar-refractivity contribution < 1.29 is 9.90 Å². The van der Waals surface area contributed by atoms with Crippen molar-refractivity contribution in [3.63, 3.8) is 0 Å². The molecule has 3 aromatic carbocycles. The third-order valence-corrected chi connectivity index (χ3v) is 6.59. The van der Waals surface area contributed by atoms with E-state index in [4.69, 9.17) is 0 Å². The van der Waals surface area contributed by atoms with Crippen LogP contribution >= 0.6 is 31.9 Å². The van der Waals surface area contributed by atoms with Crippen LogP contribution < -0.4 is 9.80 Å². The normalized spacial score (nSPS) is 21.4. The molecular formula is C24H22Br2N2O2. The molecule has 1 aliphatic heterocycles. The molecule has 0 aliphatic carbocycles. The van der Waals surface area contributed by atoms with Gasteiger partial charge in [-0.15, -0.1) is 0 Å². The maximum atomic E-state index is 13.8. The Balaban J connectivity index is 1.94. The van der Waals surface area contributed by atoms with Crippen molar-refractivity contribution in [1.29, 1.82) is 0 Å². The van der Waals surface area contributed by atoms with Gasteiger partial charge < -0.3 is 5.11 Å². The summed E-state index contributed by atoms with van der Waals surface area (Å²) in [5.74, 6) is 0. The topological polar surface area (TPSA) is 43.8 Å². The first kappa shape index (κ1) is 21.1. The van der Waals surface area contributed by atoms with Crippen LogP contribution in [0.3, 0.4) is 0 Å². The molecule has 1 fully saturated rings. The van der Waals surface area contributed by atoms with Crippen LogP contribution in [0.1, 0.15) is 24.5 Å². The summed E-state index contributed by atoms with van der Waals surface area (Å²) in [7, 11) is 0. The van der Waals surface area contributed by atoms with E-state index in [1.807, 2.05) is 86.6 Å². The Hall–Kier alpha value is -2.15. The highest BCUT2D eigenvalue weighted by Gasteiger charge is 2.57. The second-order valence-corrected chi connectivity index (χ2v) is 9.29. The van der Waals surface area contributed by atoms with E-state index < -0.39 is 11.8 Å². The number of urea groups is 1. The number of nitrogens with zero attached hydrogens (tertiary/aromatic N) is 2. The first-order valence-corrected chi connectivity index (χ1v) is 11.4.